The fourth-order valence-corrected chi connectivity index (χ4v) is 1.13. The summed E-state index contributed by atoms with van der Waals surface area (Å²) in [4.78, 5) is 2.83. The van der Waals surface area contributed by atoms with E-state index >= 15 is 0 Å². The molecule has 0 atom stereocenters. The Balaban J connectivity index is 3.33. The number of alkyl halides is 6. The first-order valence-corrected chi connectivity index (χ1v) is 4.17. The number of hydrogen-bond acceptors (Lipinski definition) is 2. The molecule has 92 valence electrons. The molecule has 1 aromatic heterocycles. The van der Waals surface area contributed by atoms with Crippen LogP contribution in [0.25, 0.3) is 0 Å². The Morgan fingerprint density at radius 1 is 1.06 bits per heavy atom. The molecule has 0 amide bonds. The molecular weight excluding hydrogens is 250 g/mol. The van der Waals surface area contributed by atoms with Crippen molar-refractivity contribution in [3.8, 4) is 6.07 Å². The SMILES string of the molecule is N#CCc1nc(C(F)(F)F)ccc1C(F)(F)F. The zero-order valence-electron chi connectivity index (χ0n) is 8.02. The minimum Gasteiger partial charge on any atom is -0.247 e. The fourth-order valence-electron chi connectivity index (χ4n) is 1.13. The van der Waals surface area contributed by atoms with Gasteiger partial charge in [0, 0.05) is 0 Å². The van der Waals surface area contributed by atoms with Crippen LogP contribution in [0.2, 0.25) is 0 Å². The average molecular weight is 254 g/mol. The summed E-state index contributed by atoms with van der Waals surface area (Å²) in [5.74, 6) is 0. The van der Waals surface area contributed by atoms with Crippen molar-refractivity contribution in [3.63, 3.8) is 0 Å². The second kappa shape index (κ2) is 4.24. The summed E-state index contributed by atoms with van der Waals surface area (Å²) in [6.07, 6.45) is -10.5. The highest BCUT2D eigenvalue weighted by Crippen LogP contribution is 2.34. The molecule has 2 nitrogen and oxygen atoms in total. The molecule has 1 heterocycles. The summed E-state index contributed by atoms with van der Waals surface area (Å²) in [6.45, 7) is 0. The van der Waals surface area contributed by atoms with Gasteiger partial charge in [0.1, 0.15) is 5.69 Å². The Kier molecular flexibility index (Phi) is 3.31. The summed E-state index contributed by atoms with van der Waals surface area (Å²) < 4.78 is 73.7. The molecule has 0 saturated carbocycles. The van der Waals surface area contributed by atoms with Gasteiger partial charge in [0.15, 0.2) is 0 Å². The van der Waals surface area contributed by atoms with E-state index in [1.165, 1.54) is 6.07 Å². The fraction of sp³-hybridized carbons (Fsp3) is 0.333. The normalized spacial score (nSPS) is 12.3. The molecule has 0 radical (unpaired) electrons. The van der Waals surface area contributed by atoms with Gasteiger partial charge in [-0.3, -0.25) is 0 Å². The zero-order valence-corrected chi connectivity index (χ0v) is 8.02. The van der Waals surface area contributed by atoms with Crippen molar-refractivity contribution in [1.29, 1.82) is 5.26 Å². The van der Waals surface area contributed by atoms with Crippen molar-refractivity contribution in [1.82, 2.24) is 4.98 Å². The predicted molar refractivity (Wildman–Crippen MR) is 43.6 cm³/mol. The zero-order chi connectivity index (χ0) is 13.3. The maximum atomic E-state index is 12.4. The predicted octanol–water partition coefficient (Wildman–Crippen LogP) is 3.19. The third-order valence-corrected chi connectivity index (χ3v) is 1.82. The van der Waals surface area contributed by atoms with E-state index in [2.05, 4.69) is 4.98 Å². The first-order valence-electron chi connectivity index (χ1n) is 4.17. The van der Waals surface area contributed by atoms with E-state index in [1.807, 2.05) is 0 Å². The van der Waals surface area contributed by atoms with Gasteiger partial charge in [0.2, 0.25) is 0 Å². The number of hydrogen-bond donors (Lipinski definition) is 0. The molecular formula is C9H4F6N2. The van der Waals surface area contributed by atoms with Crippen LogP contribution in [0.1, 0.15) is 17.0 Å². The van der Waals surface area contributed by atoms with Crippen molar-refractivity contribution in [3.05, 3.63) is 29.1 Å². The summed E-state index contributed by atoms with van der Waals surface area (Å²) in [6, 6.07) is 1.87. The second-order valence-electron chi connectivity index (χ2n) is 3.02. The Labute approximate surface area is 91.5 Å². The minimum atomic E-state index is -4.84. The van der Waals surface area contributed by atoms with Gasteiger partial charge in [-0.2, -0.15) is 31.6 Å². The summed E-state index contributed by atoms with van der Waals surface area (Å²) >= 11 is 0. The minimum absolute atomic E-state index is 0.240. The first-order chi connectivity index (χ1) is 7.66. The van der Waals surface area contributed by atoms with Crippen molar-refractivity contribution >= 4 is 0 Å². The van der Waals surface area contributed by atoms with Crippen molar-refractivity contribution in [2.24, 2.45) is 0 Å². The van der Waals surface area contributed by atoms with Gasteiger partial charge in [-0.1, -0.05) is 0 Å². The Hall–Kier alpha value is -1.78. The smallest absolute Gasteiger partial charge is 0.247 e. The van der Waals surface area contributed by atoms with Crippen LogP contribution in [0.3, 0.4) is 0 Å². The van der Waals surface area contributed by atoms with Crippen LogP contribution in [0.4, 0.5) is 26.3 Å². The molecule has 0 aliphatic heterocycles. The maximum Gasteiger partial charge on any atom is 0.433 e. The molecule has 0 N–H and O–H groups in total. The monoisotopic (exact) mass is 254 g/mol. The second-order valence-corrected chi connectivity index (χ2v) is 3.02. The topological polar surface area (TPSA) is 36.7 Å². The lowest BCUT2D eigenvalue weighted by atomic mass is 10.1. The van der Waals surface area contributed by atoms with Crippen molar-refractivity contribution in [2.75, 3.05) is 0 Å². The van der Waals surface area contributed by atoms with E-state index in [0.29, 0.717) is 0 Å². The van der Waals surface area contributed by atoms with Gasteiger partial charge in [-0.15, -0.1) is 0 Å². The van der Waals surface area contributed by atoms with Gasteiger partial charge in [0.25, 0.3) is 0 Å². The third-order valence-electron chi connectivity index (χ3n) is 1.82. The van der Waals surface area contributed by atoms with E-state index in [1.54, 1.807) is 0 Å². The molecule has 0 spiro atoms. The third kappa shape index (κ3) is 3.09. The van der Waals surface area contributed by atoms with Gasteiger partial charge in [-0.25, -0.2) is 4.98 Å². The highest BCUT2D eigenvalue weighted by atomic mass is 19.4. The number of nitrogens with zero attached hydrogens (tertiary/aromatic N) is 2. The number of halogens is 6. The molecule has 0 aliphatic carbocycles. The van der Waals surface area contributed by atoms with Crippen LogP contribution in [0.5, 0.6) is 0 Å². The Bertz CT molecular complexity index is 454. The molecule has 0 bridgehead atoms. The van der Waals surface area contributed by atoms with Gasteiger partial charge in [0.05, 0.1) is 23.7 Å². The molecule has 0 unspecified atom stereocenters. The summed E-state index contributed by atoms with van der Waals surface area (Å²) in [7, 11) is 0. The number of pyridine rings is 1. The van der Waals surface area contributed by atoms with Crippen molar-refractivity contribution in [2.45, 2.75) is 18.8 Å². The maximum absolute atomic E-state index is 12.4. The van der Waals surface area contributed by atoms with Crippen LogP contribution in [0, 0.1) is 11.3 Å². The van der Waals surface area contributed by atoms with Crippen LogP contribution < -0.4 is 0 Å². The molecule has 0 aromatic carbocycles. The van der Waals surface area contributed by atoms with Crippen LogP contribution >= 0.6 is 0 Å². The van der Waals surface area contributed by atoms with Crippen LogP contribution in [0.15, 0.2) is 12.1 Å². The summed E-state index contributed by atoms with van der Waals surface area (Å²) in [5.41, 5.74) is -3.70. The molecule has 0 saturated heterocycles. The average Bonchev–Trinajstić information content (AvgIpc) is 2.15. The van der Waals surface area contributed by atoms with E-state index in [-0.39, 0.29) is 12.1 Å². The highest BCUT2D eigenvalue weighted by molar-refractivity contribution is 5.28. The van der Waals surface area contributed by atoms with Gasteiger partial charge >= 0.3 is 12.4 Å². The number of nitriles is 1. The van der Waals surface area contributed by atoms with Crippen LogP contribution in [-0.2, 0) is 18.8 Å². The van der Waals surface area contributed by atoms with Crippen LogP contribution in [-0.4, -0.2) is 4.98 Å². The van der Waals surface area contributed by atoms with Gasteiger partial charge < -0.3 is 0 Å². The lowest BCUT2D eigenvalue weighted by Gasteiger charge is -2.12. The van der Waals surface area contributed by atoms with E-state index in [9.17, 15) is 26.3 Å². The first kappa shape index (κ1) is 13.3. The number of aromatic nitrogens is 1. The van der Waals surface area contributed by atoms with Crippen molar-refractivity contribution < 1.29 is 26.3 Å². The molecule has 0 fully saturated rings. The quantitative estimate of drug-likeness (QED) is 0.721. The lowest BCUT2D eigenvalue weighted by Crippen LogP contribution is -2.15. The molecule has 17 heavy (non-hydrogen) atoms. The lowest BCUT2D eigenvalue weighted by molar-refractivity contribution is -0.144. The van der Waals surface area contributed by atoms with E-state index < -0.39 is 35.7 Å². The molecule has 0 aliphatic rings. The summed E-state index contributed by atoms with van der Waals surface area (Å²) in [5, 5.41) is 8.26. The highest BCUT2D eigenvalue weighted by Gasteiger charge is 2.38. The molecule has 1 aromatic rings. The number of rotatable bonds is 1. The molecule has 8 heteroatoms. The Morgan fingerprint density at radius 2 is 1.65 bits per heavy atom. The van der Waals surface area contributed by atoms with E-state index in [0.717, 1.165) is 0 Å². The van der Waals surface area contributed by atoms with E-state index in [4.69, 9.17) is 5.26 Å². The Morgan fingerprint density at radius 3 is 2.06 bits per heavy atom. The molecule has 1 rings (SSSR count). The van der Waals surface area contributed by atoms with Gasteiger partial charge in [-0.05, 0) is 12.1 Å². The largest absolute Gasteiger partial charge is 0.433 e. The standard InChI is InChI=1S/C9H4F6N2/c10-8(11,12)5-1-2-7(9(13,14)15)17-6(5)3-4-16/h1-2H,3H2.